The second kappa shape index (κ2) is 5.83. The Hall–Kier alpha value is -2.70. The van der Waals surface area contributed by atoms with E-state index < -0.39 is 17.3 Å². The monoisotopic (exact) mass is 319 g/mol. The molecule has 0 amide bonds. The molecule has 118 valence electrons. The molecule has 0 unspecified atom stereocenters. The lowest BCUT2D eigenvalue weighted by Crippen LogP contribution is -2.22. The lowest BCUT2D eigenvalue weighted by molar-refractivity contribution is -0.136. The molecule has 0 N–H and O–H groups in total. The highest BCUT2D eigenvalue weighted by Gasteiger charge is 2.33. The van der Waals surface area contributed by atoms with Crippen LogP contribution in [0, 0.1) is 0 Å². The molecule has 0 saturated carbocycles. The topological polar surface area (TPSA) is 47.8 Å². The Balaban J connectivity index is 1.98. The predicted molar refractivity (Wildman–Crippen MR) is 78.9 cm³/mol. The second-order valence-corrected chi connectivity index (χ2v) is 5.05. The van der Waals surface area contributed by atoms with Gasteiger partial charge in [0.25, 0.3) is 5.56 Å². The molecule has 0 fully saturated rings. The molecule has 2 aromatic heterocycles. The van der Waals surface area contributed by atoms with Crippen LogP contribution >= 0.6 is 0 Å². The predicted octanol–water partition coefficient (Wildman–Crippen LogP) is 3.05. The fourth-order valence-electron chi connectivity index (χ4n) is 2.38. The minimum Gasteiger partial charge on any atom is -0.298 e. The minimum atomic E-state index is -4.54. The maximum Gasteiger partial charge on any atom is 0.418 e. The number of hydrogen-bond donors (Lipinski definition) is 0. The molecule has 0 aliphatic rings. The Kier molecular flexibility index (Phi) is 3.85. The minimum absolute atomic E-state index is 0.0305. The van der Waals surface area contributed by atoms with E-state index in [9.17, 15) is 18.0 Å². The maximum atomic E-state index is 13.0. The van der Waals surface area contributed by atoms with Gasteiger partial charge in [-0.05, 0) is 36.2 Å². The number of rotatable bonds is 3. The SMILES string of the molecule is O=c1c2cccc(C(F)(F)F)c2ncn1CCc1ccncc1. The first-order valence-electron chi connectivity index (χ1n) is 6.91. The zero-order chi connectivity index (χ0) is 16.4. The quantitative estimate of drug-likeness (QED) is 0.745. The van der Waals surface area contributed by atoms with Crippen molar-refractivity contribution in [1.82, 2.24) is 14.5 Å². The van der Waals surface area contributed by atoms with Gasteiger partial charge in [0.15, 0.2) is 0 Å². The van der Waals surface area contributed by atoms with Crippen molar-refractivity contribution in [3.05, 3.63) is 70.5 Å². The largest absolute Gasteiger partial charge is 0.418 e. The number of hydrogen-bond acceptors (Lipinski definition) is 3. The highest BCUT2D eigenvalue weighted by atomic mass is 19.4. The first kappa shape index (κ1) is 15.2. The second-order valence-electron chi connectivity index (χ2n) is 5.05. The summed E-state index contributed by atoms with van der Waals surface area (Å²) in [6, 6.07) is 7.16. The zero-order valence-corrected chi connectivity index (χ0v) is 11.9. The van der Waals surface area contributed by atoms with Crippen LogP contribution in [0.2, 0.25) is 0 Å². The van der Waals surface area contributed by atoms with Crippen molar-refractivity contribution < 1.29 is 13.2 Å². The van der Waals surface area contributed by atoms with Crippen LogP contribution in [0.4, 0.5) is 13.2 Å². The van der Waals surface area contributed by atoms with E-state index in [-0.39, 0.29) is 10.9 Å². The summed E-state index contributed by atoms with van der Waals surface area (Å²) in [5, 5.41) is -0.0305. The average molecular weight is 319 g/mol. The summed E-state index contributed by atoms with van der Waals surface area (Å²) in [6.45, 7) is 0.335. The fraction of sp³-hybridized carbons (Fsp3) is 0.188. The van der Waals surface area contributed by atoms with Gasteiger partial charge in [0.05, 0.1) is 22.8 Å². The van der Waals surface area contributed by atoms with Crippen molar-refractivity contribution in [2.24, 2.45) is 0 Å². The van der Waals surface area contributed by atoms with E-state index >= 15 is 0 Å². The smallest absolute Gasteiger partial charge is 0.298 e. The number of alkyl halides is 3. The number of benzene rings is 1. The van der Waals surface area contributed by atoms with Gasteiger partial charge in [0, 0.05) is 18.9 Å². The van der Waals surface area contributed by atoms with E-state index in [2.05, 4.69) is 9.97 Å². The third-order valence-corrected chi connectivity index (χ3v) is 3.55. The zero-order valence-electron chi connectivity index (χ0n) is 11.9. The van der Waals surface area contributed by atoms with Crippen molar-refractivity contribution >= 4 is 10.9 Å². The molecule has 7 heteroatoms. The third-order valence-electron chi connectivity index (χ3n) is 3.55. The van der Waals surface area contributed by atoms with E-state index in [0.29, 0.717) is 13.0 Å². The number of fused-ring (bicyclic) bond motifs is 1. The normalized spacial score (nSPS) is 11.8. The molecule has 0 bridgehead atoms. The van der Waals surface area contributed by atoms with Crippen molar-refractivity contribution in [3.63, 3.8) is 0 Å². The molecular weight excluding hydrogens is 307 g/mol. The summed E-state index contributed by atoms with van der Waals surface area (Å²) in [5.74, 6) is 0. The van der Waals surface area contributed by atoms with Crippen LogP contribution < -0.4 is 5.56 Å². The Morgan fingerprint density at radius 1 is 1.09 bits per heavy atom. The molecule has 0 aliphatic heterocycles. The van der Waals surface area contributed by atoms with Crippen LogP contribution in [-0.2, 0) is 19.1 Å². The van der Waals surface area contributed by atoms with Gasteiger partial charge < -0.3 is 0 Å². The molecule has 0 radical (unpaired) electrons. The van der Waals surface area contributed by atoms with E-state index in [1.807, 2.05) is 12.1 Å². The molecule has 3 aromatic rings. The third kappa shape index (κ3) is 3.08. The number of aryl methyl sites for hydroxylation is 2. The fourth-order valence-corrected chi connectivity index (χ4v) is 2.38. The molecule has 23 heavy (non-hydrogen) atoms. The van der Waals surface area contributed by atoms with Crippen LogP contribution in [0.15, 0.2) is 53.8 Å². The summed E-state index contributed by atoms with van der Waals surface area (Å²) in [5.41, 5.74) is -0.704. The molecule has 0 spiro atoms. The highest BCUT2D eigenvalue weighted by Crippen LogP contribution is 2.32. The van der Waals surface area contributed by atoms with Gasteiger partial charge in [0.1, 0.15) is 0 Å². The maximum absolute atomic E-state index is 13.0. The van der Waals surface area contributed by atoms with Gasteiger partial charge in [-0.1, -0.05) is 6.07 Å². The van der Waals surface area contributed by atoms with Crippen LogP contribution in [-0.4, -0.2) is 14.5 Å². The van der Waals surface area contributed by atoms with Crippen LogP contribution in [0.5, 0.6) is 0 Å². The first-order chi connectivity index (χ1) is 11.0. The summed E-state index contributed by atoms with van der Waals surface area (Å²) in [6.07, 6.45) is 0.483. The summed E-state index contributed by atoms with van der Waals surface area (Å²) >= 11 is 0. The van der Waals surface area contributed by atoms with Gasteiger partial charge in [-0.2, -0.15) is 13.2 Å². The summed E-state index contributed by atoms with van der Waals surface area (Å²) in [4.78, 5) is 20.1. The number of nitrogens with zero attached hydrogens (tertiary/aromatic N) is 3. The van der Waals surface area contributed by atoms with Gasteiger partial charge in [-0.15, -0.1) is 0 Å². The molecule has 1 aromatic carbocycles. The molecule has 4 nitrogen and oxygen atoms in total. The average Bonchev–Trinajstić information content (AvgIpc) is 2.54. The van der Waals surface area contributed by atoms with Crippen LogP contribution in [0.3, 0.4) is 0 Å². The lowest BCUT2D eigenvalue weighted by atomic mass is 10.1. The molecule has 0 saturated heterocycles. The van der Waals surface area contributed by atoms with Gasteiger partial charge in [0.2, 0.25) is 0 Å². The number of halogens is 3. The first-order valence-corrected chi connectivity index (χ1v) is 6.91. The molecular formula is C16H12F3N3O. The van der Waals surface area contributed by atoms with Crippen molar-refractivity contribution in [3.8, 4) is 0 Å². The number of para-hydroxylation sites is 1. The van der Waals surface area contributed by atoms with Gasteiger partial charge >= 0.3 is 6.18 Å². The van der Waals surface area contributed by atoms with E-state index in [4.69, 9.17) is 0 Å². The number of aromatic nitrogens is 3. The van der Waals surface area contributed by atoms with E-state index in [1.165, 1.54) is 23.0 Å². The Morgan fingerprint density at radius 3 is 2.52 bits per heavy atom. The Morgan fingerprint density at radius 2 is 1.83 bits per heavy atom. The van der Waals surface area contributed by atoms with Crippen LogP contribution in [0.1, 0.15) is 11.1 Å². The van der Waals surface area contributed by atoms with Crippen molar-refractivity contribution in [2.45, 2.75) is 19.1 Å². The Bertz CT molecular complexity index is 888. The Labute approximate surface area is 129 Å². The van der Waals surface area contributed by atoms with Crippen molar-refractivity contribution in [2.75, 3.05) is 0 Å². The summed E-state index contributed by atoms with van der Waals surface area (Å²) in [7, 11) is 0. The van der Waals surface area contributed by atoms with Gasteiger partial charge in [-0.25, -0.2) is 4.98 Å². The molecule has 3 rings (SSSR count). The molecule has 0 aliphatic carbocycles. The highest BCUT2D eigenvalue weighted by molar-refractivity contribution is 5.81. The summed E-state index contributed by atoms with van der Waals surface area (Å²) < 4.78 is 40.2. The number of pyridine rings is 1. The lowest BCUT2D eigenvalue weighted by Gasteiger charge is -2.11. The molecule has 0 atom stereocenters. The van der Waals surface area contributed by atoms with E-state index in [1.54, 1.807) is 12.4 Å². The van der Waals surface area contributed by atoms with Crippen molar-refractivity contribution in [1.29, 1.82) is 0 Å². The standard InChI is InChI=1S/C16H12F3N3O/c17-16(18,19)13-3-1-2-12-14(13)21-10-22(15(12)23)9-6-11-4-7-20-8-5-11/h1-5,7-8,10H,6,9H2. The van der Waals surface area contributed by atoms with Gasteiger partial charge in [-0.3, -0.25) is 14.3 Å². The molecule has 2 heterocycles. The van der Waals surface area contributed by atoms with Crippen LogP contribution in [0.25, 0.3) is 10.9 Å². The van der Waals surface area contributed by atoms with E-state index in [0.717, 1.165) is 11.6 Å².